The monoisotopic (exact) mass is 395 g/mol. The average Bonchev–Trinajstić information content (AvgIpc) is 3.04. The normalized spacial score (nSPS) is 16.0. The van der Waals surface area contributed by atoms with Crippen LogP contribution in [0.1, 0.15) is 26.7 Å². The van der Waals surface area contributed by atoms with Gasteiger partial charge in [-0.25, -0.2) is 9.48 Å². The molecule has 0 saturated heterocycles. The van der Waals surface area contributed by atoms with Crippen LogP contribution in [0, 0.1) is 0 Å². The van der Waals surface area contributed by atoms with Crippen LogP contribution < -0.4 is 10.1 Å². The largest absolute Gasteiger partial charge is 0.497 e. The first-order chi connectivity index (χ1) is 13.6. The molecule has 142 valence electrons. The molecule has 4 rings (SSSR count). The maximum absolute atomic E-state index is 12.3. The zero-order valence-corrected chi connectivity index (χ0v) is 15.8. The van der Waals surface area contributed by atoms with Crippen molar-refractivity contribution < 1.29 is 19.4 Å². The minimum Gasteiger partial charge on any atom is -0.497 e. The van der Waals surface area contributed by atoms with Crippen LogP contribution in [-0.4, -0.2) is 39.6 Å². The van der Waals surface area contributed by atoms with Crippen molar-refractivity contribution in [3.63, 3.8) is 0 Å². The molecular weight excluding hydrogens is 378 g/mol. The Morgan fingerprint density at radius 2 is 1.93 bits per heavy atom. The molecule has 0 unspecified atom stereocenters. The zero-order chi connectivity index (χ0) is 19.7. The van der Waals surface area contributed by atoms with Crippen molar-refractivity contribution >= 4 is 29.5 Å². The molecule has 1 atom stereocenters. The Kier molecular flexibility index (Phi) is 4.79. The highest BCUT2D eigenvalue weighted by molar-refractivity contribution is 8.00. The Labute approximate surface area is 165 Å². The topological polar surface area (TPSA) is 93.5 Å². The number of carboxylic acid groups (broad SMARTS) is 1. The van der Waals surface area contributed by atoms with Gasteiger partial charge in [-0.15, -0.1) is 11.8 Å². The lowest BCUT2D eigenvalue weighted by molar-refractivity contribution is -0.113. The van der Waals surface area contributed by atoms with Crippen molar-refractivity contribution in [2.45, 2.75) is 5.25 Å². The van der Waals surface area contributed by atoms with E-state index in [0.717, 1.165) is 22.6 Å². The molecule has 0 radical (unpaired) electrons. The van der Waals surface area contributed by atoms with Crippen molar-refractivity contribution in [2.24, 2.45) is 0 Å². The predicted octanol–water partition coefficient (Wildman–Crippen LogP) is 3.35. The number of amides is 1. The van der Waals surface area contributed by atoms with E-state index >= 15 is 0 Å². The van der Waals surface area contributed by atoms with Crippen molar-refractivity contribution in [1.29, 1.82) is 0 Å². The van der Waals surface area contributed by atoms with Crippen LogP contribution in [0.2, 0.25) is 0 Å². The molecule has 2 N–H and O–H groups in total. The minimum atomic E-state index is -0.968. The number of ether oxygens (including phenoxy) is 1. The molecule has 0 aliphatic carbocycles. The quantitative estimate of drug-likeness (QED) is 0.704. The molecule has 0 saturated carbocycles. The maximum Gasteiger partial charge on any atom is 0.335 e. The van der Waals surface area contributed by atoms with Crippen LogP contribution in [-0.2, 0) is 4.79 Å². The molecule has 8 heteroatoms. The van der Waals surface area contributed by atoms with Gasteiger partial charge in [0.15, 0.2) is 0 Å². The lowest BCUT2D eigenvalue weighted by Crippen LogP contribution is -2.15. The number of fused-ring (bicyclic) bond motifs is 1. The first-order valence-electron chi connectivity index (χ1n) is 8.54. The number of carboxylic acids is 1. The number of nitrogens with one attached hydrogen (secondary N) is 1. The summed E-state index contributed by atoms with van der Waals surface area (Å²) in [5.41, 5.74) is 2.82. The number of hydrogen-bond acceptors (Lipinski definition) is 5. The Bertz CT molecular complexity index is 1030. The van der Waals surface area contributed by atoms with E-state index in [4.69, 9.17) is 9.84 Å². The summed E-state index contributed by atoms with van der Waals surface area (Å²) in [6.45, 7) is 0. The summed E-state index contributed by atoms with van der Waals surface area (Å²) < 4.78 is 6.88. The van der Waals surface area contributed by atoms with Gasteiger partial charge in [0.25, 0.3) is 0 Å². The van der Waals surface area contributed by atoms with E-state index in [2.05, 4.69) is 10.4 Å². The summed E-state index contributed by atoms with van der Waals surface area (Å²) in [5, 5.41) is 16.4. The predicted molar refractivity (Wildman–Crippen MR) is 106 cm³/mol. The van der Waals surface area contributed by atoms with Gasteiger partial charge in [-0.1, -0.05) is 12.1 Å². The van der Waals surface area contributed by atoms with Gasteiger partial charge in [0, 0.05) is 5.56 Å². The van der Waals surface area contributed by atoms with Crippen LogP contribution >= 0.6 is 11.8 Å². The number of thioether (sulfide) groups is 1. The number of carbonyl (C=O) groups excluding carboxylic acids is 1. The highest BCUT2D eigenvalue weighted by Crippen LogP contribution is 2.42. The van der Waals surface area contributed by atoms with Crippen molar-refractivity contribution in [1.82, 2.24) is 9.78 Å². The number of nitrogens with zero attached hydrogens (tertiary/aromatic N) is 2. The SMILES string of the molecule is COc1ccc(-n2ncc3c2NC(=O)CS[C@@H]3c2ccc(C(=O)O)cc2)cc1. The molecule has 2 aromatic carbocycles. The minimum absolute atomic E-state index is 0.105. The van der Waals surface area contributed by atoms with Gasteiger partial charge in [0.2, 0.25) is 5.91 Å². The lowest BCUT2D eigenvalue weighted by atomic mass is 10.0. The first kappa shape index (κ1) is 18.1. The number of benzene rings is 2. The van der Waals surface area contributed by atoms with Crippen LogP contribution in [0.15, 0.2) is 54.7 Å². The van der Waals surface area contributed by atoms with Gasteiger partial charge in [0.1, 0.15) is 11.6 Å². The van der Waals surface area contributed by atoms with Gasteiger partial charge >= 0.3 is 5.97 Å². The van der Waals surface area contributed by atoms with E-state index in [9.17, 15) is 9.59 Å². The Hall–Kier alpha value is -3.26. The van der Waals surface area contributed by atoms with E-state index < -0.39 is 5.97 Å². The van der Waals surface area contributed by atoms with E-state index in [-0.39, 0.29) is 16.7 Å². The maximum atomic E-state index is 12.3. The molecule has 1 aliphatic rings. The second-order valence-electron chi connectivity index (χ2n) is 6.22. The molecule has 1 aromatic heterocycles. The standard InChI is InChI=1S/C20H17N3O4S/c1-27-15-8-6-14(7-9-15)23-19-16(10-21-23)18(28-11-17(24)22-19)12-2-4-13(5-3-12)20(25)26/h2-10,18H,11H2,1H3,(H,22,24)(H,25,26)/t18-/m1/s1. The summed E-state index contributed by atoms with van der Waals surface area (Å²) in [4.78, 5) is 23.4. The molecule has 1 amide bonds. The van der Waals surface area contributed by atoms with Gasteiger partial charge < -0.3 is 15.2 Å². The summed E-state index contributed by atoms with van der Waals surface area (Å²) >= 11 is 1.48. The van der Waals surface area contributed by atoms with Gasteiger partial charge in [0.05, 0.1) is 35.6 Å². The van der Waals surface area contributed by atoms with Crippen molar-refractivity contribution in [2.75, 3.05) is 18.2 Å². The molecule has 28 heavy (non-hydrogen) atoms. The highest BCUT2D eigenvalue weighted by Gasteiger charge is 2.28. The first-order valence-corrected chi connectivity index (χ1v) is 9.59. The van der Waals surface area contributed by atoms with Gasteiger partial charge in [-0.05, 0) is 42.0 Å². The third kappa shape index (κ3) is 3.34. The molecule has 2 heterocycles. The van der Waals surface area contributed by atoms with Crippen molar-refractivity contribution in [3.05, 3.63) is 71.4 Å². The van der Waals surface area contributed by atoms with Crippen LogP contribution in [0.4, 0.5) is 5.82 Å². The Balaban J connectivity index is 1.75. The third-order valence-corrected chi connectivity index (χ3v) is 5.78. The zero-order valence-electron chi connectivity index (χ0n) is 15.0. The second-order valence-corrected chi connectivity index (χ2v) is 7.32. The van der Waals surface area contributed by atoms with E-state index in [0.29, 0.717) is 11.6 Å². The highest BCUT2D eigenvalue weighted by atomic mass is 32.2. The second kappa shape index (κ2) is 7.40. The summed E-state index contributed by atoms with van der Waals surface area (Å²) in [6, 6.07) is 14.1. The number of carbonyl (C=O) groups is 2. The van der Waals surface area contributed by atoms with E-state index in [1.807, 2.05) is 24.3 Å². The average molecular weight is 395 g/mol. The summed E-state index contributed by atoms with van der Waals surface area (Å²) in [7, 11) is 1.60. The Morgan fingerprint density at radius 3 is 2.57 bits per heavy atom. The summed E-state index contributed by atoms with van der Waals surface area (Å²) in [6.07, 6.45) is 1.74. The molecule has 0 fully saturated rings. The fourth-order valence-electron chi connectivity index (χ4n) is 3.09. The van der Waals surface area contributed by atoms with Gasteiger partial charge in [-0.2, -0.15) is 5.10 Å². The number of rotatable bonds is 4. The van der Waals surface area contributed by atoms with Crippen LogP contribution in [0.5, 0.6) is 5.75 Å². The van der Waals surface area contributed by atoms with Crippen molar-refractivity contribution in [3.8, 4) is 11.4 Å². The third-order valence-electron chi connectivity index (χ3n) is 4.50. The fourth-order valence-corrected chi connectivity index (χ4v) is 4.18. The van der Waals surface area contributed by atoms with Crippen LogP contribution in [0.3, 0.4) is 0 Å². The molecule has 3 aromatic rings. The Morgan fingerprint density at radius 1 is 1.21 bits per heavy atom. The molecule has 0 bridgehead atoms. The van der Waals surface area contributed by atoms with Crippen LogP contribution in [0.25, 0.3) is 5.69 Å². The number of aromatic carboxylic acids is 1. The van der Waals surface area contributed by atoms with E-state index in [1.165, 1.54) is 11.8 Å². The number of methoxy groups -OCH3 is 1. The molecule has 0 spiro atoms. The fraction of sp³-hybridized carbons (Fsp3) is 0.150. The molecule has 1 aliphatic heterocycles. The molecular formula is C20H17N3O4S. The van der Waals surface area contributed by atoms with Gasteiger partial charge in [-0.3, -0.25) is 4.79 Å². The van der Waals surface area contributed by atoms with E-state index in [1.54, 1.807) is 42.3 Å². The number of anilines is 1. The molecule has 7 nitrogen and oxygen atoms in total. The number of hydrogen-bond donors (Lipinski definition) is 2. The smallest absolute Gasteiger partial charge is 0.335 e. The number of aromatic nitrogens is 2. The summed E-state index contributed by atoms with van der Waals surface area (Å²) in [5.74, 6) is 0.574. The lowest BCUT2D eigenvalue weighted by Gasteiger charge is -2.14.